The summed E-state index contributed by atoms with van der Waals surface area (Å²) in [5, 5.41) is 10.6. The largest absolute Gasteiger partial charge is 0.472 e. The van der Waals surface area contributed by atoms with Crippen LogP contribution in [0.4, 0.5) is 0 Å². The Balaban J connectivity index is 5.21. The molecule has 534 valence electrons. The smallest absolute Gasteiger partial charge is 0.462 e. The molecule has 0 saturated carbocycles. The zero-order valence-corrected chi connectivity index (χ0v) is 60.6. The predicted octanol–water partition coefficient (Wildman–Crippen LogP) is 20.1. The second-order valence-corrected chi connectivity index (χ2v) is 30.0. The average molecular weight is 1330 g/mol. The van der Waals surface area contributed by atoms with E-state index in [1.165, 1.54) is 148 Å². The molecule has 0 fully saturated rings. The summed E-state index contributed by atoms with van der Waals surface area (Å²) < 4.78 is 68.2. The molecular formula is C71H138O17P2. The minimum atomic E-state index is -4.95. The second-order valence-electron chi connectivity index (χ2n) is 27.1. The number of carbonyl (C=O) groups excluding carboxylic acids is 4. The Morgan fingerprint density at radius 1 is 0.311 bits per heavy atom. The topological polar surface area (TPSA) is 237 Å². The van der Waals surface area contributed by atoms with Gasteiger partial charge in [0.05, 0.1) is 26.4 Å². The molecular weight excluding hydrogens is 1190 g/mol. The highest BCUT2D eigenvalue weighted by molar-refractivity contribution is 7.47. The summed E-state index contributed by atoms with van der Waals surface area (Å²) in [5.74, 6) is 0.853. The predicted molar refractivity (Wildman–Crippen MR) is 363 cm³/mol. The number of carbonyl (C=O) groups is 4. The number of phosphoric acid groups is 2. The van der Waals surface area contributed by atoms with E-state index < -0.39 is 97.5 Å². The molecule has 0 heterocycles. The molecule has 19 heteroatoms. The molecule has 0 radical (unpaired) electrons. The Kier molecular flexibility index (Phi) is 59.4. The molecule has 17 nitrogen and oxygen atoms in total. The van der Waals surface area contributed by atoms with Gasteiger partial charge in [-0.05, 0) is 49.4 Å². The average Bonchev–Trinajstić information content (AvgIpc) is 2.80. The molecule has 0 aliphatic heterocycles. The van der Waals surface area contributed by atoms with Crippen molar-refractivity contribution in [3.05, 3.63) is 0 Å². The summed E-state index contributed by atoms with van der Waals surface area (Å²) in [6.45, 7) is 14.1. The van der Waals surface area contributed by atoms with Crippen molar-refractivity contribution in [2.75, 3.05) is 39.6 Å². The van der Waals surface area contributed by atoms with Crippen LogP contribution in [0.3, 0.4) is 0 Å². The third kappa shape index (κ3) is 62.2. The van der Waals surface area contributed by atoms with E-state index in [2.05, 4.69) is 55.4 Å². The normalized spacial score (nSPS) is 14.9. The van der Waals surface area contributed by atoms with Crippen molar-refractivity contribution >= 4 is 39.5 Å². The van der Waals surface area contributed by atoms with Gasteiger partial charge in [-0.3, -0.25) is 37.3 Å². The maximum atomic E-state index is 13.0. The number of hydrogen-bond donors (Lipinski definition) is 3. The van der Waals surface area contributed by atoms with Crippen molar-refractivity contribution in [2.45, 2.75) is 369 Å². The molecule has 0 aromatic heterocycles. The lowest BCUT2D eigenvalue weighted by atomic mass is 9.99. The molecule has 0 spiro atoms. The fourth-order valence-corrected chi connectivity index (χ4v) is 12.2. The van der Waals surface area contributed by atoms with E-state index >= 15 is 0 Å². The molecule has 0 amide bonds. The summed E-state index contributed by atoms with van der Waals surface area (Å²) in [4.78, 5) is 72.5. The Labute approximate surface area is 549 Å². The van der Waals surface area contributed by atoms with Gasteiger partial charge in [-0.2, -0.15) is 0 Å². The van der Waals surface area contributed by atoms with Crippen LogP contribution in [0.2, 0.25) is 0 Å². The number of aliphatic hydroxyl groups excluding tert-OH is 1. The Morgan fingerprint density at radius 2 is 0.533 bits per heavy atom. The minimum Gasteiger partial charge on any atom is -0.462 e. The summed E-state index contributed by atoms with van der Waals surface area (Å²) in [7, 11) is -9.90. The first-order valence-electron chi connectivity index (χ1n) is 36.8. The molecule has 0 aliphatic rings. The lowest BCUT2D eigenvalue weighted by Crippen LogP contribution is -2.30. The van der Waals surface area contributed by atoms with E-state index in [1.54, 1.807) is 0 Å². The van der Waals surface area contributed by atoms with Crippen LogP contribution in [0, 0.1) is 23.7 Å². The number of esters is 4. The monoisotopic (exact) mass is 1320 g/mol. The summed E-state index contributed by atoms with van der Waals surface area (Å²) in [6, 6.07) is 0. The molecule has 7 atom stereocenters. The Hall–Kier alpha value is -1.94. The number of aliphatic hydroxyl groups is 1. The van der Waals surface area contributed by atoms with Crippen LogP contribution in [0.1, 0.15) is 351 Å². The fraction of sp³-hybridized carbons (Fsp3) is 0.944. The van der Waals surface area contributed by atoms with E-state index in [0.29, 0.717) is 31.6 Å². The highest BCUT2D eigenvalue weighted by Crippen LogP contribution is 2.45. The molecule has 0 rings (SSSR count). The zero-order valence-electron chi connectivity index (χ0n) is 58.8. The molecule has 0 bridgehead atoms. The van der Waals surface area contributed by atoms with Gasteiger partial charge >= 0.3 is 39.5 Å². The van der Waals surface area contributed by atoms with Crippen molar-refractivity contribution in [3.8, 4) is 0 Å². The molecule has 90 heavy (non-hydrogen) atoms. The third-order valence-electron chi connectivity index (χ3n) is 17.0. The van der Waals surface area contributed by atoms with Crippen LogP contribution in [-0.4, -0.2) is 96.7 Å². The van der Waals surface area contributed by atoms with Gasteiger partial charge in [0.2, 0.25) is 0 Å². The van der Waals surface area contributed by atoms with Gasteiger partial charge in [0.1, 0.15) is 19.3 Å². The van der Waals surface area contributed by atoms with Crippen LogP contribution < -0.4 is 0 Å². The van der Waals surface area contributed by atoms with Crippen LogP contribution in [0.15, 0.2) is 0 Å². The molecule has 0 aromatic rings. The first-order valence-corrected chi connectivity index (χ1v) is 39.8. The van der Waals surface area contributed by atoms with Gasteiger partial charge in [-0.15, -0.1) is 0 Å². The second kappa shape index (κ2) is 60.7. The maximum absolute atomic E-state index is 13.0. The molecule has 0 aliphatic carbocycles. The molecule has 3 N–H and O–H groups in total. The van der Waals surface area contributed by atoms with E-state index in [-0.39, 0.29) is 25.7 Å². The van der Waals surface area contributed by atoms with Gasteiger partial charge in [-0.25, -0.2) is 9.13 Å². The van der Waals surface area contributed by atoms with E-state index in [9.17, 15) is 43.2 Å². The highest BCUT2D eigenvalue weighted by atomic mass is 31.2. The van der Waals surface area contributed by atoms with Crippen molar-refractivity contribution < 1.29 is 80.2 Å². The van der Waals surface area contributed by atoms with Crippen LogP contribution in [0.25, 0.3) is 0 Å². The van der Waals surface area contributed by atoms with Gasteiger partial charge in [0, 0.05) is 25.7 Å². The molecule has 0 saturated heterocycles. The number of ether oxygens (including phenoxy) is 4. The Bertz CT molecular complexity index is 1790. The van der Waals surface area contributed by atoms with Gasteiger partial charge < -0.3 is 33.8 Å². The quantitative estimate of drug-likeness (QED) is 0.0222. The number of unbranched alkanes of at least 4 members (excludes halogenated alkanes) is 32. The van der Waals surface area contributed by atoms with Crippen molar-refractivity contribution in [1.82, 2.24) is 0 Å². The summed E-state index contributed by atoms with van der Waals surface area (Å²) in [5.41, 5.74) is 0. The van der Waals surface area contributed by atoms with Crippen molar-refractivity contribution in [3.63, 3.8) is 0 Å². The summed E-state index contributed by atoms with van der Waals surface area (Å²) >= 11 is 0. The fourth-order valence-electron chi connectivity index (χ4n) is 10.6. The maximum Gasteiger partial charge on any atom is 0.472 e. The Morgan fingerprint density at radius 3 is 0.789 bits per heavy atom. The van der Waals surface area contributed by atoms with Crippen molar-refractivity contribution in [2.24, 2.45) is 23.7 Å². The van der Waals surface area contributed by atoms with Crippen LogP contribution >= 0.6 is 15.6 Å². The molecule has 4 unspecified atom stereocenters. The lowest BCUT2D eigenvalue weighted by molar-refractivity contribution is -0.161. The number of rotatable bonds is 68. The van der Waals surface area contributed by atoms with Crippen LogP contribution in [0.5, 0.6) is 0 Å². The minimum absolute atomic E-state index is 0.101. The van der Waals surface area contributed by atoms with E-state index in [0.717, 1.165) is 114 Å². The first kappa shape index (κ1) is 88.1. The van der Waals surface area contributed by atoms with Crippen molar-refractivity contribution in [1.29, 1.82) is 0 Å². The summed E-state index contributed by atoms with van der Waals surface area (Å²) in [6.07, 6.45) is 43.3. The van der Waals surface area contributed by atoms with Crippen LogP contribution in [-0.2, 0) is 65.4 Å². The third-order valence-corrected chi connectivity index (χ3v) is 18.9. The van der Waals surface area contributed by atoms with E-state index in [1.807, 2.05) is 0 Å². The number of hydrogen-bond acceptors (Lipinski definition) is 15. The first-order chi connectivity index (χ1) is 43.2. The van der Waals surface area contributed by atoms with Gasteiger partial charge in [0.25, 0.3) is 0 Å². The number of phosphoric ester groups is 2. The zero-order chi connectivity index (χ0) is 66.8. The molecule has 0 aromatic carbocycles. The lowest BCUT2D eigenvalue weighted by Gasteiger charge is -2.21. The van der Waals surface area contributed by atoms with Gasteiger partial charge in [-0.1, -0.05) is 299 Å². The SMILES string of the molecule is CCC(C)CCCCCCCCCCC(=O)OC[C@H](COP(=O)(O)OC[C@@H](O)COP(=O)(O)OC[C@@H](COC(=O)CCCCCCCCC(C)C)OC(=O)CCCCCCCCC(C)CC)OC(=O)CCCCCCCCCCCCCCCCCCC(C)C. The van der Waals surface area contributed by atoms with Gasteiger partial charge in [0.15, 0.2) is 12.2 Å². The van der Waals surface area contributed by atoms with E-state index in [4.69, 9.17) is 37.0 Å². The standard InChI is InChI=1S/C71H138O17P2/c1-9-63(7)49-41-33-24-21-22-25-35-43-51-68(73)81-57-66(87-70(75)53-45-37-26-20-18-16-14-12-11-13-15-17-19-23-31-39-47-61(3)4)59-85-89(77,78)83-55-65(72)56-84-90(79,80)86-60-67(58-82-69(74)52-44-36-29-27-32-40-48-62(5)6)88-71(76)54-46-38-30-28-34-42-50-64(8)10-2/h61-67,72H,9-60H2,1-8H3,(H,77,78)(H,79,80)/t63?,64?,65-,66-,67-/m1/s1. The highest BCUT2D eigenvalue weighted by Gasteiger charge is 2.30.